The molecule has 1 atom stereocenters. The fraction of sp³-hybridized carbons (Fsp3) is 0.333. The van der Waals surface area contributed by atoms with Crippen molar-refractivity contribution in [1.82, 2.24) is 0 Å². The highest BCUT2D eigenvalue weighted by Crippen LogP contribution is 2.11. The molecule has 1 rings (SSSR count). The van der Waals surface area contributed by atoms with E-state index in [0.29, 0.717) is 0 Å². The molecule has 0 amide bonds. The van der Waals surface area contributed by atoms with Gasteiger partial charge < -0.3 is 4.74 Å². The van der Waals surface area contributed by atoms with Crippen molar-refractivity contribution in [3.63, 3.8) is 0 Å². The summed E-state index contributed by atoms with van der Waals surface area (Å²) in [4.78, 5) is 11.3. The lowest BCUT2D eigenvalue weighted by Gasteiger charge is -2.05. The van der Waals surface area contributed by atoms with Crippen molar-refractivity contribution in [2.45, 2.75) is 20.0 Å². The van der Waals surface area contributed by atoms with Crippen LogP contribution in [0.25, 0.3) is 0 Å². The van der Waals surface area contributed by atoms with E-state index in [-0.39, 0.29) is 24.9 Å². The number of halogens is 1. The number of carbonyl (C=O) groups excluding carboxylic acids is 1. The SMILES string of the molecule is CC(C#N)CC(=O)OCc1ccc(Br)cc1. The predicted octanol–water partition coefficient (Wildman–Crippen LogP) is 3.04. The van der Waals surface area contributed by atoms with E-state index in [0.717, 1.165) is 10.0 Å². The van der Waals surface area contributed by atoms with Crippen molar-refractivity contribution in [3.05, 3.63) is 34.3 Å². The van der Waals surface area contributed by atoms with Gasteiger partial charge in [0.25, 0.3) is 0 Å². The lowest BCUT2D eigenvalue weighted by Crippen LogP contribution is -2.08. The average molecular weight is 282 g/mol. The van der Waals surface area contributed by atoms with Crippen LogP contribution in [0.5, 0.6) is 0 Å². The van der Waals surface area contributed by atoms with Crippen LogP contribution >= 0.6 is 15.9 Å². The summed E-state index contributed by atoms with van der Waals surface area (Å²) in [6.07, 6.45) is 0.146. The molecule has 0 heterocycles. The molecule has 4 heteroatoms. The molecule has 1 aromatic carbocycles. The molecular weight excluding hydrogens is 270 g/mol. The van der Waals surface area contributed by atoms with Crippen LogP contribution in [0, 0.1) is 17.2 Å². The number of nitriles is 1. The lowest BCUT2D eigenvalue weighted by molar-refractivity contribution is -0.145. The number of rotatable bonds is 4. The van der Waals surface area contributed by atoms with Gasteiger partial charge in [0.2, 0.25) is 0 Å². The van der Waals surface area contributed by atoms with E-state index in [1.54, 1.807) is 6.92 Å². The van der Waals surface area contributed by atoms with Gasteiger partial charge >= 0.3 is 5.97 Å². The molecule has 0 saturated heterocycles. The molecule has 1 unspecified atom stereocenters. The van der Waals surface area contributed by atoms with Crippen molar-refractivity contribution in [1.29, 1.82) is 5.26 Å². The van der Waals surface area contributed by atoms with E-state index in [9.17, 15) is 4.79 Å². The molecule has 0 saturated carbocycles. The van der Waals surface area contributed by atoms with E-state index in [1.807, 2.05) is 30.3 Å². The molecular formula is C12H12BrNO2. The van der Waals surface area contributed by atoms with Gasteiger partial charge in [0.15, 0.2) is 0 Å². The highest BCUT2D eigenvalue weighted by atomic mass is 79.9. The number of hydrogen-bond donors (Lipinski definition) is 0. The van der Waals surface area contributed by atoms with Gasteiger partial charge in [-0.15, -0.1) is 0 Å². The zero-order valence-corrected chi connectivity index (χ0v) is 10.5. The minimum absolute atomic E-state index is 0.146. The van der Waals surface area contributed by atoms with Crippen LogP contribution in [0.4, 0.5) is 0 Å². The molecule has 0 fully saturated rings. The van der Waals surface area contributed by atoms with Crippen molar-refractivity contribution < 1.29 is 9.53 Å². The molecule has 84 valence electrons. The fourth-order valence-corrected chi connectivity index (χ4v) is 1.36. The van der Waals surface area contributed by atoms with Gasteiger partial charge in [0, 0.05) is 4.47 Å². The Morgan fingerprint density at radius 1 is 1.50 bits per heavy atom. The van der Waals surface area contributed by atoms with Crippen LogP contribution < -0.4 is 0 Å². The Morgan fingerprint density at radius 3 is 2.69 bits per heavy atom. The minimum atomic E-state index is -0.336. The number of esters is 1. The summed E-state index contributed by atoms with van der Waals surface area (Å²) in [7, 11) is 0. The fourth-order valence-electron chi connectivity index (χ4n) is 1.10. The lowest BCUT2D eigenvalue weighted by atomic mass is 10.1. The van der Waals surface area contributed by atoms with Crippen molar-refractivity contribution in [2.24, 2.45) is 5.92 Å². The van der Waals surface area contributed by atoms with Crippen LogP contribution in [0.1, 0.15) is 18.9 Å². The van der Waals surface area contributed by atoms with Gasteiger partial charge in [-0.05, 0) is 24.6 Å². The second kappa shape index (κ2) is 6.29. The van der Waals surface area contributed by atoms with Crippen LogP contribution in [0.3, 0.4) is 0 Å². The number of benzene rings is 1. The summed E-state index contributed by atoms with van der Waals surface area (Å²) in [5.74, 6) is -0.630. The molecule has 3 nitrogen and oxygen atoms in total. The summed E-state index contributed by atoms with van der Waals surface area (Å²) >= 11 is 3.32. The zero-order chi connectivity index (χ0) is 12.0. The largest absolute Gasteiger partial charge is 0.461 e. The summed E-state index contributed by atoms with van der Waals surface area (Å²) in [6, 6.07) is 9.53. The molecule has 0 spiro atoms. The first-order valence-electron chi connectivity index (χ1n) is 4.91. The zero-order valence-electron chi connectivity index (χ0n) is 8.94. The van der Waals surface area contributed by atoms with Crippen molar-refractivity contribution in [3.8, 4) is 6.07 Å². The van der Waals surface area contributed by atoms with Crippen LogP contribution in [0.2, 0.25) is 0 Å². The number of nitrogens with zero attached hydrogens (tertiary/aromatic N) is 1. The summed E-state index contributed by atoms with van der Waals surface area (Å²) in [6.45, 7) is 1.95. The minimum Gasteiger partial charge on any atom is -0.461 e. The Balaban J connectivity index is 2.38. The Labute approximate surface area is 103 Å². The molecule has 1 aromatic rings. The molecule has 0 aliphatic rings. The van der Waals surface area contributed by atoms with E-state index in [2.05, 4.69) is 15.9 Å². The Bertz CT molecular complexity index is 394. The normalized spacial score (nSPS) is 11.6. The number of ether oxygens (including phenoxy) is 1. The van der Waals surface area contributed by atoms with Crippen molar-refractivity contribution >= 4 is 21.9 Å². The van der Waals surface area contributed by atoms with Crippen LogP contribution in [-0.2, 0) is 16.1 Å². The third-order valence-electron chi connectivity index (χ3n) is 2.01. The Hall–Kier alpha value is -1.34. The van der Waals surface area contributed by atoms with Crippen LogP contribution in [0.15, 0.2) is 28.7 Å². The molecule has 0 aromatic heterocycles. The average Bonchev–Trinajstić information content (AvgIpc) is 2.28. The molecule has 0 radical (unpaired) electrons. The smallest absolute Gasteiger partial charge is 0.307 e. The van der Waals surface area contributed by atoms with E-state index in [4.69, 9.17) is 10.00 Å². The first kappa shape index (κ1) is 12.7. The maximum atomic E-state index is 11.3. The summed E-state index contributed by atoms with van der Waals surface area (Å²) in [5, 5.41) is 8.54. The Morgan fingerprint density at radius 2 is 2.12 bits per heavy atom. The standard InChI is InChI=1S/C12H12BrNO2/c1-9(7-14)6-12(15)16-8-10-2-4-11(13)5-3-10/h2-5,9H,6,8H2,1H3. The summed E-state index contributed by atoms with van der Waals surface area (Å²) < 4.78 is 6.02. The van der Waals surface area contributed by atoms with Gasteiger partial charge in [-0.1, -0.05) is 28.1 Å². The highest BCUT2D eigenvalue weighted by Gasteiger charge is 2.09. The van der Waals surface area contributed by atoms with E-state index < -0.39 is 0 Å². The third kappa shape index (κ3) is 4.45. The van der Waals surface area contributed by atoms with Gasteiger partial charge in [0.05, 0.1) is 18.4 Å². The first-order valence-corrected chi connectivity index (χ1v) is 5.71. The highest BCUT2D eigenvalue weighted by molar-refractivity contribution is 9.10. The maximum Gasteiger partial charge on any atom is 0.307 e. The Kier molecular flexibility index (Phi) is 5.00. The molecule has 16 heavy (non-hydrogen) atoms. The van der Waals surface area contributed by atoms with Gasteiger partial charge in [-0.25, -0.2) is 0 Å². The van der Waals surface area contributed by atoms with E-state index >= 15 is 0 Å². The monoisotopic (exact) mass is 281 g/mol. The molecule has 0 N–H and O–H groups in total. The molecule has 0 aliphatic carbocycles. The number of carbonyl (C=O) groups is 1. The third-order valence-corrected chi connectivity index (χ3v) is 2.53. The quantitative estimate of drug-likeness (QED) is 0.797. The topological polar surface area (TPSA) is 50.1 Å². The van der Waals surface area contributed by atoms with Gasteiger partial charge in [-0.3, -0.25) is 4.79 Å². The number of hydrogen-bond acceptors (Lipinski definition) is 3. The molecule has 0 aliphatic heterocycles. The first-order chi connectivity index (χ1) is 7.61. The van der Waals surface area contributed by atoms with E-state index in [1.165, 1.54) is 0 Å². The maximum absolute atomic E-state index is 11.3. The van der Waals surface area contributed by atoms with Gasteiger partial charge in [0.1, 0.15) is 6.61 Å². The van der Waals surface area contributed by atoms with Gasteiger partial charge in [-0.2, -0.15) is 5.26 Å². The second-order valence-electron chi connectivity index (χ2n) is 3.52. The summed E-state index contributed by atoms with van der Waals surface area (Å²) in [5.41, 5.74) is 0.932. The predicted molar refractivity (Wildman–Crippen MR) is 63.3 cm³/mol. The van der Waals surface area contributed by atoms with Crippen LogP contribution in [-0.4, -0.2) is 5.97 Å². The molecule has 0 bridgehead atoms. The van der Waals surface area contributed by atoms with Crippen molar-refractivity contribution in [2.75, 3.05) is 0 Å². The second-order valence-corrected chi connectivity index (χ2v) is 4.44.